The van der Waals surface area contributed by atoms with Crippen LogP contribution in [0.2, 0.25) is 5.02 Å². The van der Waals surface area contributed by atoms with Crippen molar-refractivity contribution >= 4 is 34.8 Å². The quantitative estimate of drug-likeness (QED) is 0.637. The van der Waals surface area contributed by atoms with Crippen LogP contribution in [0.1, 0.15) is 32.7 Å². The van der Waals surface area contributed by atoms with Crippen LogP contribution >= 0.6 is 11.6 Å². The van der Waals surface area contributed by atoms with Gasteiger partial charge in [0.1, 0.15) is 5.82 Å². The monoisotopic (exact) mass is 408 g/mol. The van der Waals surface area contributed by atoms with E-state index in [9.17, 15) is 14.0 Å². The Morgan fingerprint density at radius 3 is 2.34 bits per heavy atom. The van der Waals surface area contributed by atoms with E-state index in [4.69, 9.17) is 11.6 Å². The average molecular weight is 409 g/mol. The summed E-state index contributed by atoms with van der Waals surface area (Å²) in [4.78, 5) is 27.3. The van der Waals surface area contributed by atoms with Crippen molar-refractivity contribution in [3.05, 3.63) is 94.3 Å². The number of hydrogen-bond donors (Lipinski definition) is 1. The molecule has 4 nitrogen and oxygen atoms in total. The molecule has 0 saturated heterocycles. The molecule has 1 heterocycles. The minimum Gasteiger partial charge on any atom is -0.322 e. The first-order valence-corrected chi connectivity index (χ1v) is 9.67. The maximum Gasteiger partial charge on any atom is 0.258 e. The Morgan fingerprint density at radius 2 is 1.62 bits per heavy atom. The summed E-state index contributed by atoms with van der Waals surface area (Å²) in [6, 6.07) is 17.7. The lowest BCUT2D eigenvalue weighted by Crippen LogP contribution is -2.35. The van der Waals surface area contributed by atoms with E-state index in [0.29, 0.717) is 28.4 Å². The maximum atomic E-state index is 13.1. The lowest BCUT2D eigenvalue weighted by Gasteiger charge is -2.31. The number of rotatable bonds is 3. The number of nitrogens with one attached hydrogen (secondary N) is 1. The van der Waals surface area contributed by atoms with Gasteiger partial charge >= 0.3 is 0 Å². The van der Waals surface area contributed by atoms with Gasteiger partial charge in [0.15, 0.2) is 0 Å². The standard InChI is InChI=1S/C23H18ClFN2O2/c24-17-10-6-16(7-11-17)23(29)27-14-2-3-19-20(4-1-5-21(19)27)26-22(28)15-8-12-18(25)13-9-15/h1,4-13H,2-3,14H2,(H,26,28). The zero-order valence-electron chi connectivity index (χ0n) is 15.5. The molecule has 3 aromatic rings. The van der Waals surface area contributed by atoms with E-state index in [1.54, 1.807) is 29.2 Å². The third kappa shape index (κ3) is 4.00. The number of benzene rings is 3. The molecule has 1 aliphatic rings. The molecule has 29 heavy (non-hydrogen) atoms. The SMILES string of the molecule is O=C(Nc1cccc2c1CCCN2C(=O)c1ccc(Cl)cc1)c1ccc(F)cc1. The Labute approximate surface area is 172 Å². The number of fused-ring (bicyclic) bond motifs is 1. The van der Waals surface area contributed by atoms with Crippen LogP contribution in [0.3, 0.4) is 0 Å². The van der Waals surface area contributed by atoms with Crippen LogP contribution < -0.4 is 10.2 Å². The van der Waals surface area contributed by atoms with Gasteiger partial charge < -0.3 is 10.2 Å². The van der Waals surface area contributed by atoms with Crippen LogP contribution in [0.25, 0.3) is 0 Å². The van der Waals surface area contributed by atoms with E-state index in [1.165, 1.54) is 24.3 Å². The third-order valence-electron chi connectivity index (χ3n) is 4.94. The highest BCUT2D eigenvalue weighted by molar-refractivity contribution is 6.30. The first kappa shape index (κ1) is 19.2. The van der Waals surface area contributed by atoms with Gasteiger partial charge in [0.05, 0.1) is 0 Å². The summed E-state index contributed by atoms with van der Waals surface area (Å²) in [6.07, 6.45) is 1.54. The summed E-state index contributed by atoms with van der Waals surface area (Å²) in [5.41, 5.74) is 3.28. The predicted octanol–water partition coefficient (Wildman–Crippen LogP) is 5.32. The molecule has 0 bridgehead atoms. The maximum absolute atomic E-state index is 13.1. The van der Waals surface area contributed by atoms with Gasteiger partial charge in [-0.05, 0) is 79.1 Å². The second-order valence-corrected chi connectivity index (χ2v) is 7.27. The average Bonchev–Trinajstić information content (AvgIpc) is 2.74. The lowest BCUT2D eigenvalue weighted by molar-refractivity contribution is 0.0984. The van der Waals surface area contributed by atoms with Gasteiger partial charge in [-0.1, -0.05) is 17.7 Å². The van der Waals surface area contributed by atoms with E-state index >= 15 is 0 Å². The molecule has 1 N–H and O–H groups in total. The Morgan fingerprint density at radius 1 is 0.931 bits per heavy atom. The fraction of sp³-hybridized carbons (Fsp3) is 0.130. The molecule has 146 valence electrons. The Kier molecular flexibility index (Phi) is 5.32. The van der Waals surface area contributed by atoms with Crippen molar-refractivity contribution in [2.24, 2.45) is 0 Å². The van der Waals surface area contributed by atoms with E-state index < -0.39 is 5.82 Å². The Hall–Kier alpha value is -3.18. The second-order valence-electron chi connectivity index (χ2n) is 6.83. The molecule has 0 spiro atoms. The lowest BCUT2D eigenvalue weighted by atomic mass is 9.98. The molecule has 6 heteroatoms. The van der Waals surface area contributed by atoms with Crippen LogP contribution in [-0.4, -0.2) is 18.4 Å². The number of hydrogen-bond acceptors (Lipinski definition) is 2. The summed E-state index contributed by atoms with van der Waals surface area (Å²) in [7, 11) is 0. The van der Waals surface area contributed by atoms with Crippen molar-refractivity contribution in [3.8, 4) is 0 Å². The van der Waals surface area contributed by atoms with Gasteiger partial charge in [-0.2, -0.15) is 0 Å². The topological polar surface area (TPSA) is 49.4 Å². The highest BCUT2D eigenvalue weighted by atomic mass is 35.5. The minimum atomic E-state index is -0.394. The van der Waals surface area contributed by atoms with Gasteiger partial charge in [0.2, 0.25) is 0 Å². The van der Waals surface area contributed by atoms with Crippen molar-refractivity contribution in [2.75, 3.05) is 16.8 Å². The van der Waals surface area contributed by atoms with E-state index in [-0.39, 0.29) is 11.8 Å². The number of anilines is 2. The highest BCUT2D eigenvalue weighted by Gasteiger charge is 2.25. The molecule has 1 aliphatic heterocycles. The summed E-state index contributed by atoms with van der Waals surface area (Å²) in [6.45, 7) is 0.601. The molecule has 0 aliphatic carbocycles. The number of carbonyl (C=O) groups is 2. The van der Waals surface area contributed by atoms with Crippen LogP contribution in [0.5, 0.6) is 0 Å². The summed E-state index contributed by atoms with van der Waals surface area (Å²) in [5, 5.41) is 3.47. The summed E-state index contributed by atoms with van der Waals surface area (Å²) in [5.74, 6) is -0.820. The first-order chi connectivity index (χ1) is 14.0. The van der Waals surface area contributed by atoms with Crippen molar-refractivity contribution in [2.45, 2.75) is 12.8 Å². The highest BCUT2D eigenvalue weighted by Crippen LogP contribution is 2.34. The first-order valence-electron chi connectivity index (χ1n) is 9.29. The number of halogens is 2. The number of carbonyl (C=O) groups excluding carboxylic acids is 2. The van der Waals surface area contributed by atoms with Crippen LogP contribution in [0.4, 0.5) is 15.8 Å². The van der Waals surface area contributed by atoms with E-state index in [0.717, 1.165) is 24.1 Å². The Balaban J connectivity index is 1.62. The van der Waals surface area contributed by atoms with E-state index in [2.05, 4.69) is 5.32 Å². The smallest absolute Gasteiger partial charge is 0.258 e. The largest absolute Gasteiger partial charge is 0.322 e. The molecule has 2 amide bonds. The van der Waals surface area contributed by atoms with Crippen LogP contribution in [0.15, 0.2) is 66.7 Å². The molecular formula is C23H18ClFN2O2. The molecule has 0 aromatic heterocycles. The zero-order valence-corrected chi connectivity index (χ0v) is 16.2. The summed E-state index contributed by atoms with van der Waals surface area (Å²) >= 11 is 5.93. The molecule has 0 radical (unpaired) electrons. The molecular weight excluding hydrogens is 391 g/mol. The van der Waals surface area contributed by atoms with Crippen molar-refractivity contribution in [1.29, 1.82) is 0 Å². The van der Waals surface area contributed by atoms with Crippen LogP contribution in [-0.2, 0) is 6.42 Å². The van der Waals surface area contributed by atoms with Crippen molar-refractivity contribution in [3.63, 3.8) is 0 Å². The zero-order chi connectivity index (χ0) is 20.4. The van der Waals surface area contributed by atoms with Crippen LogP contribution in [0, 0.1) is 5.82 Å². The normalized spacial score (nSPS) is 13.0. The molecule has 0 saturated carbocycles. The predicted molar refractivity (Wildman–Crippen MR) is 112 cm³/mol. The number of nitrogens with zero attached hydrogens (tertiary/aromatic N) is 1. The fourth-order valence-corrected chi connectivity index (χ4v) is 3.62. The molecule has 0 fully saturated rings. The molecule has 3 aromatic carbocycles. The van der Waals surface area contributed by atoms with E-state index in [1.807, 2.05) is 18.2 Å². The van der Waals surface area contributed by atoms with Gasteiger partial charge in [-0.15, -0.1) is 0 Å². The van der Waals surface area contributed by atoms with Crippen molar-refractivity contribution < 1.29 is 14.0 Å². The fourth-order valence-electron chi connectivity index (χ4n) is 3.50. The minimum absolute atomic E-state index is 0.107. The van der Waals surface area contributed by atoms with Gasteiger partial charge in [-0.25, -0.2) is 4.39 Å². The van der Waals surface area contributed by atoms with Gasteiger partial charge in [-0.3, -0.25) is 9.59 Å². The second kappa shape index (κ2) is 8.05. The molecule has 4 rings (SSSR count). The van der Waals surface area contributed by atoms with Gasteiger partial charge in [0, 0.05) is 34.1 Å². The number of amides is 2. The molecule has 0 atom stereocenters. The van der Waals surface area contributed by atoms with Gasteiger partial charge in [0.25, 0.3) is 11.8 Å². The summed E-state index contributed by atoms with van der Waals surface area (Å²) < 4.78 is 13.1. The Bertz CT molecular complexity index is 1070. The third-order valence-corrected chi connectivity index (χ3v) is 5.19. The molecule has 0 unspecified atom stereocenters. The van der Waals surface area contributed by atoms with Crippen molar-refractivity contribution in [1.82, 2.24) is 0 Å².